The van der Waals surface area contributed by atoms with Crippen LogP contribution in [0.2, 0.25) is 0 Å². The fourth-order valence-corrected chi connectivity index (χ4v) is 0.577. The Labute approximate surface area is 53.0 Å². The van der Waals surface area contributed by atoms with Crippen LogP contribution in [0.4, 0.5) is 0 Å². The first kappa shape index (κ1) is 6.25. The quantitative estimate of drug-likeness (QED) is 0.576. The Hall–Kier alpha value is -0.870. The van der Waals surface area contributed by atoms with Gasteiger partial charge in [-0.25, -0.2) is 4.98 Å². The van der Waals surface area contributed by atoms with E-state index in [0.29, 0.717) is 6.42 Å². The summed E-state index contributed by atoms with van der Waals surface area (Å²) in [6.45, 7) is 0.285. The summed E-state index contributed by atoms with van der Waals surface area (Å²) in [6, 6.07) is 0. The summed E-state index contributed by atoms with van der Waals surface area (Å²) >= 11 is 0. The van der Waals surface area contributed by atoms with Crippen LogP contribution in [0.5, 0.6) is 0 Å². The third-order valence-electron chi connectivity index (χ3n) is 0.985. The van der Waals surface area contributed by atoms with E-state index in [-0.39, 0.29) is 6.61 Å². The second kappa shape index (κ2) is 3.21. The highest BCUT2D eigenvalue weighted by Crippen LogP contribution is 1.88. The number of nitrogens with one attached hydrogen (secondary N) is 1. The monoisotopic (exact) mass is 125 g/mol. The van der Waals surface area contributed by atoms with Gasteiger partial charge in [0.05, 0.1) is 6.61 Å². The van der Waals surface area contributed by atoms with Crippen molar-refractivity contribution >= 4 is 0 Å². The van der Waals surface area contributed by atoms with Crippen molar-refractivity contribution in [2.75, 3.05) is 6.61 Å². The van der Waals surface area contributed by atoms with E-state index in [4.69, 9.17) is 5.90 Å². The predicted octanol–water partition coefficient (Wildman–Crippen LogP) is -0.0475. The molecule has 0 atom stereocenters. The lowest BCUT2D eigenvalue weighted by atomic mass is 10.4. The molecule has 0 aliphatic heterocycles. The fourth-order valence-electron chi connectivity index (χ4n) is 0.577. The molecule has 0 spiro atoms. The van der Waals surface area contributed by atoms with Crippen LogP contribution >= 0.6 is 0 Å². The van der Waals surface area contributed by atoms with Crippen molar-refractivity contribution in [1.82, 2.24) is 15.9 Å². The number of rotatable bonds is 3. The smallest absolute Gasteiger partial charge is 0.108 e. The van der Waals surface area contributed by atoms with Crippen LogP contribution in [-0.2, 0) is 11.3 Å². The van der Waals surface area contributed by atoms with E-state index in [9.17, 15) is 0 Å². The molecule has 0 saturated carbocycles. The van der Waals surface area contributed by atoms with Gasteiger partial charge in [-0.3, -0.25) is 4.84 Å². The molecule has 4 heteroatoms. The average Bonchev–Trinajstić information content (AvgIpc) is 2.34. The largest absolute Gasteiger partial charge is 0.349 e. The molecule has 0 aromatic carbocycles. The molecule has 1 heterocycles. The number of nitrogens with zero attached hydrogens (tertiary/aromatic N) is 2. The normalized spacial score (nSPS) is 9.89. The topological polar surface area (TPSA) is 60.2 Å². The van der Waals surface area contributed by atoms with E-state index in [0.717, 1.165) is 5.82 Å². The lowest BCUT2D eigenvalue weighted by molar-refractivity contribution is 0.120. The van der Waals surface area contributed by atoms with Gasteiger partial charge < -0.3 is 4.98 Å². The predicted molar refractivity (Wildman–Crippen MR) is 30.4 cm³/mol. The van der Waals surface area contributed by atoms with E-state index in [1.807, 2.05) is 0 Å². The first-order chi connectivity index (χ1) is 4.43. The summed E-state index contributed by atoms with van der Waals surface area (Å²) in [5.74, 6) is 8.75. The SMILES string of the molecule is [N]OCCc1ncc[nH]1. The lowest BCUT2D eigenvalue weighted by Crippen LogP contribution is -1.97. The van der Waals surface area contributed by atoms with Crippen molar-refractivity contribution < 1.29 is 4.84 Å². The zero-order chi connectivity index (χ0) is 6.53. The summed E-state index contributed by atoms with van der Waals surface area (Å²) in [4.78, 5) is 10.6. The van der Waals surface area contributed by atoms with Crippen molar-refractivity contribution in [2.24, 2.45) is 0 Å². The van der Waals surface area contributed by atoms with Gasteiger partial charge in [0.2, 0.25) is 0 Å². The van der Waals surface area contributed by atoms with Gasteiger partial charge in [-0.1, -0.05) is 0 Å². The van der Waals surface area contributed by atoms with Crippen LogP contribution < -0.4 is 5.90 Å². The average molecular weight is 125 g/mol. The van der Waals surface area contributed by atoms with Crippen molar-refractivity contribution in [3.05, 3.63) is 18.2 Å². The second-order valence-corrected chi connectivity index (χ2v) is 1.62. The van der Waals surface area contributed by atoms with Crippen LogP contribution in [0.3, 0.4) is 0 Å². The molecule has 1 aromatic rings. The molecule has 0 aliphatic rings. The molecular formula is C5H7N3O. The minimum atomic E-state index is 0.285. The van der Waals surface area contributed by atoms with Crippen LogP contribution in [-0.4, -0.2) is 16.6 Å². The molecule has 1 rings (SSSR count). The number of aromatic nitrogens is 2. The van der Waals surface area contributed by atoms with Crippen molar-refractivity contribution in [3.63, 3.8) is 0 Å². The van der Waals surface area contributed by atoms with Crippen molar-refractivity contribution in [3.8, 4) is 0 Å². The molecule has 1 aromatic heterocycles. The lowest BCUT2D eigenvalue weighted by Gasteiger charge is -1.89. The minimum absolute atomic E-state index is 0.285. The summed E-state index contributed by atoms with van der Waals surface area (Å²) in [7, 11) is 0. The van der Waals surface area contributed by atoms with Crippen molar-refractivity contribution in [2.45, 2.75) is 6.42 Å². The fraction of sp³-hybridized carbons (Fsp3) is 0.400. The Kier molecular flexibility index (Phi) is 2.23. The third-order valence-corrected chi connectivity index (χ3v) is 0.985. The Morgan fingerprint density at radius 2 is 2.67 bits per heavy atom. The Bertz CT molecular complexity index is 149. The van der Waals surface area contributed by atoms with Crippen LogP contribution in [0.15, 0.2) is 12.4 Å². The number of imidazole rings is 1. The standard InChI is InChI=1S/C5H7N3O/c6-9-4-1-5-7-2-3-8-5/h2-3H,1,4H2,(H,7,8). The first-order valence-corrected chi connectivity index (χ1v) is 2.68. The molecule has 2 radical (unpaired) electrons. The molecule has 0 bridgehead atoms. The molecule has 0 amide bonds. The zero-order valence-corrected chi connectivity index (χ0v) is 4.87. The number of H-pyrrole nitrogens is 1. The number of hydrogen-bond donors (Lipinski definition) is 1. The van der Waals surface area contributed by atoms with Gasteiger partial charge in [0, 0.05) is 24.7 Å². The van der Waals surface area contributed by atoms with Gasteiger partial charge in [-0.15, -0.1) is 0 Å². The molecule has 48 valence electrons. The second-order valence-electron chi connectivity index (χ2n) is 1.62. The van der Waals surface area contributed by atoms with E-state index in [1.54, 1.807) is 12.4 Å². The number of hydrogen-bond acceptors (Lipinski definition) is 2. The zero-order valence-electron chi connectivity index (χ0n) is 4.87. The van der Waals surface area contributed by atoms with Gasteiger partial charge in [-0.2, -0.15) is 0 Å². The molecule has 4 nitrogen and oxygen atoms in total. The van der Waals surface area contributed by atoms with Crippen LogP contribution in [0.25, 0.3) is 0 Å². The molecule has 0 unspecified atom stereocenters. The Balaban J connectivity index is 2.30. The third kappa shape index (κ3) is 1.83. The molecule has 0 fully saturated rings. The summed E-state index contributed by atoms with van der Waals surface area (Å²) in [5, 5.41) is 0. The maximum Gasteiger partial charge on any atom is 0.108 e. The van der Waals surface area contributed by atoms with E-state index < -0.39 is 0 Å². The molecule has 0 aliphatic carbocycles. The maximum absolute atomic E-state index is 7.92. The van der Waals surface area contributed by atoms with Gasteiger partial charge in [0.15, 0.2) is 0 Å². The van der Waals surface area contributed by atoms with Gasteiger partial charge in [0.1, 0.15) is 5.82 Å². The Morgan fingerprint density at radius 3 is 3.22 bits per heavy atom. The molecule has 9 heavy (non-hydrogen) atoms. The van der Waals surface area contributed by atoms with Crippen LogP contribution in [0, 0.1) is 0 Å². The first-order valence-electron chi connectivity index (χ1n) is 2.68. The number of aromatic amines is 1. The van der Waals surface area contributed by atoms with E-state index >= 15 is 0 Å². The highest BCUT2D eigenvalue weighted by Gasteiger charge is 1.91. The minimum Gasteiger partial charge on any atom is -0.349 e. The summed E-state index contributed by atoms with van der Waals surface area (Å²) in [6.07, 6.45) is 4.00. The molecular weight excluding hydrogens is 118 g/mol. The highest BCUT2D eigenvalue weighted by molar-refractivity contribution is 4.86. The maximum atomic E-state index is 7.92. The van der Waals surface area contributed by atoms with Gasteiger partial charge in [-0.05, 0) is 0 Å². The van der Waals surface area contributed by atoms with Crippen molar-refractivity contribution in [1.29, 1.82) is 0 Å². The van der Waals surface area contributed by atoms with Gasteiger partial charge in [0.25, 0.3) is 0 Å². The molecule has 1 N–H and O–H groups in total. The van der Waals surface area contributed by atoms with Gasteiger partial charge >= 0.3 is 0 Å². The summed E-state index contributed by atoms with van der Waals surface area (Å²) in [5.41, 5.74) is 0. The van der Waals surface area contributed by atoms with Crippen LogP contribution in [0.1, 0.15) is 5.82 Å². The van der Waals surface area contributed by atoms with E-state index in [2.05, 4.69) is 14.8 Å². The van der Waals surface area contributed by atoms with E-state index in [1.165, 1.54) is 0 Å². The highest BCUT2D eigenvalue weighted by atomic mass is 16.6. The summed E-state index contributed by atoms with van der Waals surface area (Å²) < 4.78 is 0. The Morgan fingerprint density at radius 1 is 1.78 bits per heavy atom. The molecule has 0 saturated heterocycles.